The number of nitrogens with two attached hydrogens (primary N) is 1. The van der Waals surface area contributed by atoms with Gasteiger partial charge in [0.1, 0.15) is 5.82 Å². The summed E-state index contributed by atoms with van der Waals surface area (Å²) >= 11 is 3.28. The summed E-state index contributed by atoms with van der Waals surface area (Å²) in [4.78, 5) is 11.7. The predicted molar refractivity (Wildman–Crippen MR) is 86.2 cm³/mol. The normalized spacial score (nSPS) is 10.2. The van der Waals surface area contributed by atoms with Crippen molar-refractivity contribution in [3.05, 3.63) is 52.3 Å². The van der Waals surface area contributed by atoms with E-state index in [1.54, 1.807) is 30.3 Å². The minimum Gasteiger partial charge on any atom is -0.397 e. The molecule has 2 rings (SSSR count). The second kappa shape index (κ2) is 6.58. The molecule has 0 fully saturated rings. The van der Waals surface area contributed by atoms with Gasteiger partial charge in [-0.2, -0.15) is 0 Å². The van der Waals surface area contributed by atoms with Crippen LogP contribution in [0.1, 0.15) is 17.3 Å². The molecule has 1 amide bonds. The van der Waals surface area contributed by atoms with Crippen molar-refractivity contribution in [2.75, 3.05) is 17.6 Å². The topological polar surface area (TPSA) is 67.2 Å². The third kappa shape index (κ3) is 3.52. The quantitative estimate of drug-likeness (QED) is 0.736. The van der Waals surface area contributed by atoms with Crippen LogP contribution in [0.3, 0.4) is 0 Å². The monoisotopic (exact) mass is 351 g/mol. The predicted octanol–water partition coefficient (Wildman–Crippen LogP) is 3.66. The molecule has 0 aliphatic heterocycles. The van der Waals surface area contributed by atoms with Crippen molar-refractivity contribution in [1.82, 2.24) is 5.32 Å². The molecule has 21 heavy (non-hydrogen) atoms. The number of rotatable bonds is 4. The van der Waals surface area contributed by atoms with Gasteiger partial charge in [-0.1, -0.05) is 6.07 Å². The maximum absolute atomic E-state index is 13.8. The molecule has 0 aliphatic carbocycles. The lowest BCUT2D eigenvalue weighted by Gasteiger charge is -2.13. The smallest absolute Gasteiger partial charge is 0.251 e. The van der Waals surface area contributed by atoms with Crippen molar-refractivity contribution in [2.24, 2.45) is 0 Å². The summed E-state index contributed by atoms with van der Waals surface area (Å²) in [5.74, 6) is -0.584. The Morgan fingerprint density at radius 3 is 2.71 bits per heavy atom. The lowest BCUT2D eigenvalue weighted by Crippen LogP contribution is -2.22. The first-order valence-electron chi connectivity index (χ1n) is 6.41. The number of nitrogen functional groups attached to an aromatic ring is 1. The zero-order chi connectivity index (χ0) is 15.4. The fraction of sp³-hybridized carbons (Fsp3) is 0.133. The van der Waals surface area contributed by atoms with Gasteiger partial charge in [0.15, 0.2) is 0 Å². The number of carbonyl (C=O) groups excluding carboxylic acids is 1. The van der Waals surface area contributed by atoms with Gasteiger partial charge >= 0.3 is 0 Å². The minimum atomic E-state index is -0.392. The van der Waals surface area contributed by atoms with Crippen molar-refractivity contribution in [1.29, 1.82) is 0 Å². The average molecular weight is 352 g/mol. The van der Waals surface area contributed by atoms with Gasteiger partial charge in [0.25, 0.3) is 5.91 Å². The first-order valence-corrected chi connectivity index (χ1v) is 7.21. The molecule has 0 spiro atoms. The first kappa shape index (κ1) is 15.3. The molecule has 0 unspecified atom stereocenters. The number of para-hydroxylation sites is 1. The van der Waals surface area contributed by atoms with Crippen molar-refractivity contribution < 1.29 is 9.18 Å². The highest BCUT2D eigenvalue weighted by atomic mass is 79.9. The van der Waals surface area contributed by atoms with Gasteiger partial charge in [-0.15, -0.1) is 0 Å². The molecule has 0 radical (unpaired) electrons. The Bertz CT molecular complexity index is 656. The number of amides is 1. The van der Waals surface area contributed by atoms with Crippen molar-refractivity contribution in [2.45, 2.75) is 6.92 Å². The second-order valence-corrected chi connectivity index (χ2v) is 5.24. The number of hydrogen-bond donors (Lipinski definition) is 3. The molecule has 2 aromatic rings. The second-order valence-electron chi connectivity index (χ2n) is 4.38. The Kier molecular flexibility index (Phi) is 4.80. The van der Waals surface area contributed by atoms with Crippen molar-refractivity contribution >= 4 is 38.9 Å². The number of nitrogens with one attached hydrogen (secondary N) is 2. The lowest BCUT2D eigenvalue weighted by atomic mass is 10.1. The summed E-state index contributed by atoms with van der Waals surface area (Å²) in [6, 6.07) is 9.53. The van der Waals surface area contributed by atoms with Crippen LogP contribution >= 0.6 is 15.9 Å². The third-order valence-corrected chi connectivity index (χ3v) is 3.53. The zero-order valence-electron chi connectivity index (χ0n) is 11.4. The Labute approximate surface area is 130 Å². The molecule has 0 bridgehead atoms. The van der Waals surface area contributed by atoms with Crippen LogP contribution in [-0.4, -0.2) is 12.5 Å². The lowest BCUT2D eigenvalue weighted by molar-refractivity contribution is 0.0956. The molecular formula is C15H15BrFN3O. The van der Waals surface area contributed by atoms with Crippen molar-refractivity contribution in [3.8, 4) is 0 Å². The molecule has 0 saturated heterocycles. The van der Waals surface area contributed by atoms with E-state index in [-0.39, 0.29) is 5.91 Å². The van der Waals surface area contributed by atoms with Gasteiger partial charge in [-0.25, -0.2) is 4.39 Å². The van der Waals surface area contributed by atoms with Crippen molar-refractivity contribution in [3.63, 3.8) is 0 Å². The van der Waals surface area contributed by atoms with Crippen LogP contribution in [0.5, 0.6) is 0 Å². The van der Waals surface area contributed by atoms with Crippen LogP contribution in [0, 0.1) is 5.82 Å². The molecule has 0 aliphatic rings. The highest BCUT2D eigenvalue weighted by molar-refractivity contribution is 9.10. The largest absolute Gasteiger partial charge is 0.397 e. The Morgan fingerprint density at radius 1 is 1.33 bits per heavy atom. The van der Waals surface area contributed by atoms with E-state index in [2.05, 4.69) is 26.6 Å². The Morgan fingerprint density at radius 2 is 2.10 bits per heavy atom. The fourth-order valence-corrected chi connectivity index (χ4v) is 2.27. The number of anilines is 3. The van der Waals surface area contributed by atoms with E-state index in [1.165, 1.54) is 6.07 Å². The average Bonchev–Trinajstić information content (AvgIpc) is 2.44. The van der Waals surface area contributed by atoms with E-state index in [1.807, 2.05) is 6.92 Å². The van der Waals surface area contributed by atoms with Gasteiger partial charge < -0.3 is 16.4 Å². The van der Waals surface area contributed by atoms with Crippen LogP contribution in [-0.2, 0) is 0 Å². The molecule has 0 saturated carbocycles. The van der Waals surface area contributed by atoms with E-state index < -0.39 is 5.82 Å². The minimum absolute atomic E-state index is 0.192. The molecule has 6 heteroatoms. The number of hydrogen-bond acceptors (Lipinski definition) is 3. The van der Waals surface area contributed by atoms with Crippen LogP contribution in [0.4, 0.5) is 21.5 Å². The summed E-state index contributed by atoms with van der Waals surface area (Å²) in [7, 11) is 0. The highest BCUT2D eigenvalue weighted by Crippen LogP contribution is 2.31. The Balaban J connectivity index is 2.28. The standard InChI is InChI=1S/C15H15BrFN3O/c1-2-19-15(21)9-6-7-13(12(18)8-9)20-14-10(16)4-3-5-11(14)17/h3-8,20H,2,18H2,1H3,(H,19,21). The van der Waals surface area contributed by atoms with E-state index >= 15 is 0 Å². The molecular weight excluding hydrogens is 337 g/mol. The summed E-state index contributed by atoms with van der Waals surface area (Å²) < 4.78 is 14.4. The van der Waals surface area contributed by atoms with Gasteiger partial charge in [-0.3, -0.25) is 4.79 Å². The number of halogens is 2. The van der Waals surface area contributed by atoms with E-state index in [4.69, 9.17) is 5.73 Å². The van der Waals surface area contributed by atoms with Crippen LogP contribution in [0.25, 0.3) is 0 Å². The molecule has 4 nitrogen and oxygen atoms in total. The highest BCUT2D eigenvalue weighted by Gasteiger charge is 2.11. The van der Waals surface area contributed by atoms with Crippen LogP contribution < -0.4 is 16.4 Å². The SMILES string of the molecule is CCNC(=O)c1ccc(Nc2c(F)cccc2Br)c(N)c1. The maximum Gasteiger partial charge on any atom is 0.251 e. The fourth-order valence-electron chi connectivity index (χ4n) is 1.83. The molecule has 110 valence electrons. The summed E-state index contributed by atoms with van der Waals surface area (Å²) in [5.41, 5.74) is 7.59. The zero-order valence-corrected chi connectivity index (χ0v) is 13.0. The number of benzene rings is 2. The summed E-state index contributed by atoms with van der Waals surface area (Å²) in [5, 5.41) is 5.62. The molecule has 0 atom stereocenters. The van der Waals surface area contributed by atoms with Crippen LogP contribution in [0.2, 0.25) is 0 Å². The van der Waals surface area contributed by atoms with E-state index in [0.29, 0.717) is 33.6 Å². The number of carbonyl (C=O) groups is 1. The Hall–Kier alpha value is -2.08. The first-order chi connectivity index (χ1) is 10.0. The van der Waals surface area contributed by atoms with Gasteiger partial charge in [0.2, 0.25) is 0 Å². The van der Waals surface area contributed by atoms with Gasteiger partial charge in [-0.05, 0) is 53.2 Å². The van der Waals surface area contributed by atoms with Crippen LogP contribution in [0.15, 0.2) is 40.9 Å². The van der Waals surface area contributed by atoms with E-state index in [0.717, 1.165) is 0 Å². The van der Waals surface area contributed by atoms with Gasteiger partial charge in [0.05, 0.1) is 17.1 Å². The molecule has 4 N–H and O–H groups in total. The summed E-state index contributed by atoms with van der Waals surface area (Å²) in [6.07, 6.45) is 0. The van der Waals surface area contributed by atoms with E-state index in [9.17, 15) is 9.18 Å². The summed E-state index contributed by atoms with van der Waals surface area (Å²) in [6.45, 7) is 2.38. The molecule has 0 heterocycles. The molecule has 0 aromatic heterocycles. The molecule has 2 aromatic carbocycles. The van der Waals surface area contributed by atoms with Gasteiger partial charge in [0, 0.05) is 16.6 Å². The third-order valence-electron chi connectivity index (χ3n) is 2.87. The maximum atomic E-state index is 13.8.